The van der Waals surface area contributed by atoms with Crippen LogP contribution < -0.4 is 5.32 Å². The van der Waals surface area contributed by atoms with Crippen LogP contribution in [0, 0.1) is 5.92 Å². The molecule has 3 unspecified atom stereocenters. The van der Waals surface area contributed by atoms with Crippen LogP contribution >= 0.6 is 0 Å². The number of hydrogen-bond donors (Lipinski definition) is 2. The zero-order valence-electron chi connectivity index (χ0n) is 12.3. The lowest BCUT2D eigenvalue weighted by Crippen LogP contribution is -2.52. The number of carboxylic acid groups (broad SMARTS) is 1. The van der Waals surface area contributed by atoms with Crippen molar-refractivity contribution in [1.29, 1.82) is 0 Å². The largest absolute Gasteiger partial charge is 0.481 e. The molecule has 0 bridgehead atoms. The van der Waals surface area contributed by atoms with E-state index < -0.39 is 11.9 Å². The van der Waals surface area contributed by atoms with Gasteiger partial charge in [0.05, 0.1) is 5.92 Å². The summed E-state index contributed by atoms with van der Waals surface area (Å²) >= 11 is 0. The highest BCUT2D eigenvalue weighted by molar-refractivity contribution is 5.77. The molecule has 0 spiro atoms. The van der Waals surface area contributed by atoms with Crippen molar-refractivity contribution in [2.75, 3.05) is 6.54 Å². The van der Waals surface area contributed by atoms with Crippen LogP contribution in [0.3, 0.4) is 0 Å². The number of amides is 2. The zero-order chi connectivity index (χ0) is 14.5. The lowest BCUT2D eigenvalue weighted by molar-refractivity contribution is -0.143. The molecule has 2 amide bonds. The van der Waals surface area contributed by atoms with E-state index >= 15 is 0 Å². The third-order valence-electron chi connectivity index (χ3n) is 4.71. The van der Waals surface area contributed by atoms with Gasteiger partial charge in [-0.2, -0.15) is 0 Å². The summed E-state index contributed by atoms with van der Waals surface area (Å²) in [6, 6.07) is -0.0221. The van der Waals surface area contributed by atoms with Gasteiger partial charge in [-0.15, -0.1) is 0 Å². The molecule has 2 aliphatic rings. The first-order valence-corrected chi connectivity index (χ1v) is 7.89. The summed E-state index contributed by atoms with van der Waals surface area (Å²) < 4.78 is 0. The van der Waals surface area contributed by atoms with Crippen molar-refractivity contribution < 1.29 is 14.7 Å². The number of carbonyl (C=O) groups excluding carboxylic acids is 1. The summed E-state index contributed by atoms with van der Waals surface area (Å²) in [5, 5.41) is 12.2. The maximum atomic E-state index is 12.4. The van der Waals surface area contributed by atoms with E-state index in [1.54, 1.807) is 0 Å². The molecule has 2 N–H and O–H groups in total. The van der Waals surface area contributed by atoms with E-state index in [9.17, 15) is 14.7 Å². The van der Waals surface area contributed by atoms with Crippen molar-refractivity contribution in [3.63, 3.8) is 0 Å². The summed E-state index contributed by atoms with van der Waals surface area (Å²) in [4.78, 5) is 25.6. The molecular formula is C15H26N2O3. The Balaban J connectivity index is 1.96. The van der Waals surface area contributed by atoms with Gasteiger partial charge in [-0.3, -0.25) is 4.79 Å². The van der Waals surface area contributed by atoms with Crippen molar-refractivity contribution in [3.05, 3.63) is 0 Å². The Labute approximate surface area is 120 Å². The quantitative estimate of drug-likeness (QED) is 0.818. The molecule has 1 saturated heterocycles. The lowest BCUT2D eigenvalue weighted by Gasteiger charge is -2.33. The van der Waals surface area contributed by atoms with Crippen LogP contribution in [-0.2, 0) is 4.79 Å². The third kappa shape index (κ3) is 3.64. The van der Waals surface area contributed by atoms with Crippen LogP contribution in [0.25, 0.3) is 0 Å². The molecule has 0 aromatic heterocycles. The molecule has 0 aromatic carbocycles. The highest BCUT2D eigenvalue weighted by Crippen LogP contribution is 2.25. The predicted molar refractivity (Wildman–Crippen MR) is 76.5 cm³/mol. The van der Waals surface area contributed by atoms with Crippen LogP contribution in [0.2, 0.25) is 0 Å². The van der Waals surface area contributed by atoms with E-state index in [-0.39, 0.29) is 18.1 Å². The Morgan fingerprint density at radius 3 is 2.50 bits per heavy atom. The number of nitrogens with one attached hydrogen (secondary N) is 1. The summed E-state index contributed by atoms with van der Waals surface area (Å²) in [6.45, 7) is 2.87. The van der Waals surface area contributed by atoms with Gasteiger partial charge in [-0.25, -0.2) is 4.79 Å². The van der Waals surface area contributed by atoms with Crippen LogP contribution in [0.5, 0.6) is 0 Å². The Morgan fingerprint density at radius 2 is 1.75 bits per heavy atom. The normalized spacial score (nSPS) is 31.4. The Morgan fingerprint density at radius 1 is 1.05 bits per heavy atom. The number of nitrogens with zero attached hydrogens (tertiary/aromatic N) is 1. The number of rotatable bonds is 2. The van der Waals surface area contributed by atoms with Gasteiger partial charge in [0, 0.05) is 18.6 Å². The number of hydrogen-bond acceptors (Lipinski definition) is 2. The van der Waals surface area contributed by atoms with Crippen molar-refractivity contribution in [3.8, 4) is 0 Å². The van der Waals surface area contributed by atoms with Crippen LogP contribution in [0.15, 0.2) is 0 Å². The van der Waals surface area contributed by atoms with Crippen molar-refractivity contribution in [2.45, 2.75) is 70.4 Å². The second-order valence-electron chi connectivity index (χ2n) is 6.18. The Bertz CT molecular complexity index is 359. The highest BCUT2D eigenvalue weighted by atomic mass is 16.4. The van der Waals surface area contributed by atoms with E-state index in [1.807, 2.05) is 4.90 Å². The van der Waals surface area contributed by atoms with E-state index in [1.165, 1.54) is 12.8 Å². The molecule has 2 rings (SSSR count). The van der Waals surface area contributed by atoms with E-state index in [0.29, 0.717) is 6.42 Å². The van der Waals surface area contributed by atoms with Gasteiger partial charge in [0.2, 0.25) is 0 Å². The third-order valence-corrected chi connectivity index (χ3v) is 4.71. The van der Waals surface area contributed by atoms with E-state index in [4.69, 9.17) is 0 Å². The fourth-order valence-corrected chi connectivity index (χ4v) is 3.42. The van der Waals surface area contributed by atoms with Gasteiger partial charge >= 0.3 is 12.0 Å². The van der Waals surface area contributed by atoms with E-state index in [0.717, 1.165) is 38.6 Å². The maximum absolute atomic E-state index is 12.4. The summed E-state index contributed by atoms with van der Waals surface area (Å²) in [5.74, 6) is -1.20. The average molecular weight is 282 g/mol. The fraction of sp³-hybridized carbons (Fsp3) is 0.867. The number of likely N-dealkylation sites (tertiary alicyclic amines) is 1. The average Bonchev–Trinajstić information content (AvgIpc) is 2.63. The van der Waals surface area contributed by atoms with Crippen LogP contribution in [0.1, 0.15) is 58.3 Å². The van der Waals surface area contributed by atoms with Crippen molar-refractivity contribution in [1.82, 2.24) is 10.2 Å². The fourth-order valence-electron chi connectivity index (χ4n) is 3.42. The standard InChI is InChI=1S/C15H26N2O3/c1-11-7-3-2-6-10-17(11)15(20)16-13-9-5-4-8-12(13)14(18)19/h11-13H,2-10H2,1H3,(H,16,20)(H,18,19). The molecule has 5 heteroatoms. The Hall–Kier alpha value is -1.26. The maximum Gasteiger partial charge on any atom is 0.317 e. The first-order valence-electron chi connectivity index (χ1n) is 7.89. The molecule has 1 aliphatic carbocycles. The summed E-state index contributed by atoms with van der Waals surface area (Å²) in [5.41, 5.74) is 0. The monoisotopic (exact) mass is 282 g/mol. The van der Waals surface area contributed by atoms with Crippen LogP contribution in [0.4, 0.5) is 4.79 Å². The molecular weight excluding hydrogens is 256 g/mol. The number of aliphatic carboxylic acids is 1. The number of carboxylic acids is 1. The van der Waals surface area contributed by atoms with Gasteiger partial charge in [0.1, 0.15) is 0 Å². The van der Waals surface area contributed by atoms with Crippen LogP contribution in [-0.4, -0.2) is 40.6 Å². The SMILES string of the molecule is CC1CCCCCN1C(=O)NC1CCCCC1C(=O)O. The van der Waals surface area contributed by atoms with E-state index in [2.05, 4.69) is 12.2 Å². The summed E-state index contributed by atoms with van der Waals surface area (Å²) in [6.07, 6.45) is 7.85. The molecule has 3 atom stereocenters. The molecule has 1 aliphatic heterocycles. The smallest absolute Gasteiger partial charge is 0.317 e. The zero-order valence-corrected chi connectivity index (χ0v) is 12.3. The van der Waals surface area contributed by atoms with Crippen molar-refractivity contribution >= 4 is 12.0 Å². The lowest BCUT2D eigenvalue weighted by atomic mass is 9.84. The molecule has 114 valence electrons. The molecule has 0 aromatic rings. The molecule has 20 heavy (non-hydrogen) atoms. The number of carbonyl (C=O) groups is 2. The molecule has 1 saturated carbocycles. The Kier molecular flexibility index (Phi) is 5.26. The topological polar surface area (TPSA) is 69.6 Å². The highest BCUT2D eigenvalue weighted by Gasteiger charge is 2.33. The second-order valence-corrected chi connectivity index (χ2v) is 6.18. The van der Waals surface area contributed by atoms with Gasteiger partial charge < -0.3 is 15.3 Å². The molecule has 1 heterocycles. The minimum atomic E-state index is -0.779. The first kappa shape index (κ1) is 15.1. The minimum Gasteiger partial charge on any atom is -0.481 e. The van der Waals surface area contributed by atoms with Gasteiger partial charge in [0.25, 0.3) is 0 Å². The van der Waals surface area contributed by atoms with Gasteiger partial charge in [-0.05, 0) is 32.6 Å². The number of urea groups is 1. The molecule has 0 radical (unpaired) electrons. The molecule has 2 fully saturated rings. The molecule has 5 nitrogen and oxygen atoms in total. The van der Waals surface area contributed by atoms with Gasteiger partial charge in [-0.1, -0.05) is 25.7 Å². The van der Waals surface area contributed by atoms with Crippen molar-refractivity contribution in [2.24, 2.45) is 5.92 Å². The minimum absolute atomic E-state index is 0.0717. The first-order chi connectivity index (χ1) is 9.59. The van der Waals surface area contributed by atoms with Gasteiger partial charge in [0.15, 0.2) is 0 Å². The summed E-state index contributed by atoms with van der Waals surface area (Å²) in [7, 11) is 0. The second kappa shape index (κ2) is 6.95. The predicted octanol–water partition coefficient (Wildman–Crippen LogP) is 2.60.